The molecular formula is C30H50N4O5. The first-order valence-corrected chi connectivity index (χ1v) is 14.7. The van der Waals surface area contributed by atoms with E-state index < -0.39 is 6.04 Å². The molecule has 3 N–H and O–H groups in total. The van der Waals surface area contributed by atoms with Gasteiger partial charge in [-0.3, -0.25) is 4.79 Å². The number of nitrogens with zero attached hydrogens (tertiary/aromatic N) is 2. The fourth-order valence-corrected chi connectivity index (χ4v) is 5.42. The summed E-state index contributed by atoms with van der Waals surface area (Å²) < 4.78 is 12.6. The topological polar surface area (TPSA) is 103 Å². The van der Waals surface area contributed by atoms with Crippen LogP contribution in [0.3, 0.4) is 0 Å². The molecule has 9 nitrogen and oxygen atoms in total. The molecule has 0 saturated heterocycles. The summed E-state index contributed by atoms with van der Waals surface area (Å²) in [6.45, 7) is 7.62. The van der Waals surface area contributed by atoms with Crippen molar-refractivity contribution in [3.63, 3.8) is 0 Å². The van der Waals surface area contributed by atoms with Crippen LogP contribution in [-0.2, 0) is 4.74 Å². The van der Waals surface area contributed by atoms with Crippen molar-refractivity contribution in [2.75, 3.05) is 45.7 Å². The number of urea groups is 1. The Morgan fingerprint density at radius 3 is 2.54 bits per heavy atom. The third-order valence-electron chi connectivity index (χ3n) is 7.79. The number of carbonyl (C=O) groups is 2. The van der Waals surface area contributed by atoms with Crippen LogP contribution in [0.15, 0.2) is 18.2 Å². The van der Waals surface area contributed by atoms with Gasteiger partial charge in [0.25, 0.3) is 5.91 Å². The highest BCUT2D eigenvalue weighted by Crippen LogP contribution is 2.28. The fraction of sp³-hybridized carbons (Fsp3) is 0.733. The molecule has 4 atom stereocenters. The first-order chi connectivity index (χ1) is 18.7. The molecule has 0 spiro atoms. The number of fused-ring (bicyclic) bond motifs is 1. The number of anilines is 1. The minimum absolute atomic E-state index is 0.0409. The Morgan fingerprint density at radius 1 is 1.13 bits per heavy atom. The van der Waals surface area contributed by atoms with Gasteiger partial charge in [-0.1, -0.05) is 26.2 Å². The average molecular weight is 547 g/mol. The lowest BCUT2D eigenvalue weighted by Crippen LogP contribution is -2.47. The summed E-state index contributed by atoms with van der Waals surface area (Å²) in [5.41, 5.74) is 0.915. The number of hydrogen-bond acceptors (Lipinski definition) is 6. The Balaban J connectivity index is 1.90. The molecular weight excluding hydrogens is 496 g/mol. The molecule has 220 valence electrons. The molecule has 1 fully saturated rings. The zero-order valence-corrected chi connectivity index (χ0v) is 24.6. The van der Waals surface area contributed by atoms with Gasteiger partial charge in [0.1, 0.15) is 5.75 Å². The van der Waals surface area contributed by atoms with Gasteiger partial charge in [-0.2, -0.15) is 0 Å². The summed E-state index contributed by atoms with van der Waals surface area (Å²) >= 11 is 0. The highest BCUT2D eigenvalue weighted by atomic mass is 16.5. The largest absolute Gasteiger partial charge is 0.490 e. The Bertz CT molecular complexity index is 921. The van der Waals surface area contributed by atoms with Gasteiger partial charge < -0.3 is 35.0 Å². The van der Waals surface area contributed by atoms with Crippen LogP contribution in [-0.4, -0.2) is 91.5 Å². The van der Waals surface area contributed by atoms with E-state index in [-0.39, 0.29) is 42.7 Å². The van der Waals surface area contributed by atoms with E-state index >= 15 is 0 Å². The van der Waals surface area contributed by atoms with Crippen molar-refractivity contribution in [2.24, 2.45) is 5.92 Å². The number of nitrogens with one attached hydrogen (secondary N) is 2. The molecule has 0 bridgehead atoms. The van der Waals surface area contributed by atoms with E-state index in [1.165, 1.54) is 6.42 Å². The minimum atomic E-state index is -0.399. The number of aliphatic hydroxyl groups is 1. The lowest BCUT2D eigenvalue weighted by molar-refractivity contribution is -0.0137. The maximum absolute atomic E-state index is 14.1. The van der Waals surface area contributed by atoms with Gasteiger partial charge in [0.2, 0.25) is 0 Å². The second kappa shape index (κ2) is 15.4. The smallest absolute Gasteiger partial charge is 0.319 e. The Labute approximate surface area is 234 Å². The van der Waals surface area contributed by atoms with Crippen molar-refractivity contribution in [1.29, 1.82) is 0 Å². The predicted octanol–water partition coefficient (Wildman–Crippen LogP) is 4.50. The van der Waals surface area contributed by atoms with Crippen LogP contribution in [0.1, 0.15) is 82.5 Å². The van der Waals surface area contributed by atoms with Crippen molar-refractivity contribution >= 4 is 17.6 Å². The summed E-state index contributed by atoms with van der Waals surface area (Å²) in [5.74, 6) is 0.299. The molecule has 1 aromatic rings. The Hall–Kier alpha value is -2.36. The molecule has 0 unspecified atom stereocenters. The number of benzene rings is 1. The molecule has 3 amide bonds. The highest BCUT2D eigenvalue weighted by Gasteiger charge is 2.30. The van der Waals surface area contributed by atoms with Gasteiger partial charge in [0, 0.05) is 37.3 Å². The molecule has 1 aromatic carbocycles. The van der Waals surface area contributed by atoms with E-state index in [0.717, 1.165) is 51.5 Å². The SMILES string of the molecule is C[C@@H]1CCCCO[C@@H](CN(C)C)[C@H](C)CN([C@H](C)CO)C(=O)c2cc(NC(=O)NC3CCCCC3)ccc2O1. The lowest BCUT2D eigenvalue weighted by Gasteiger charge is -2.35. The maximum Gasteiger partial charge on any atom is 0.319 e. The Morgan fingerprint density at radius 2 is 1.85 bits per heavy atom. The maximum atomic E-state index is 14.1. The van der Waals surface area contributed by atoms with Crippen molar-refractivity contribution in [1.82, 2.24) is 15.1 Å². The third-order valence-corrected chi connectivity index (χ3v) is 7.79. The van der Waals surface area contributed by atoms with Gasteiger partial charge in [-0.25, -0.2) is 4.79 Å². The van der Waals surface area contributed by atoms with Crippen LogP contribution < -0.4 is 15.4 Å². The standard InChI is InChI=1S/C30H50N4O5/c1-21-18-34(22(2)20-35)29(36)26-17-25(32-30(37)31-24-12-7-6-8-13-24)14-15-27(26)39-23(3)11-9-10-16-38-28(21)19-33(4)5/h14-15,17,21-24,28,35H,6-13,16,18-20H2,1-5H3,(H2,31,32,37)/t21-,22-,23-,28+/m1/s1. The summed E-state index contributed by atoms with van der Waals surface area (Å²) in [5, 5.41) is 16.1. The van der Waals surface area contributed by atoms with Gasteiger partial charge in [0.15, 0.2) is 0 Å². The summed E-state index contributed by atoms with van der Waals surface area (Å²) in [6, 6.07) is 4.78. The lowest BCUT2D eigenvalue weighted by atomic mass is 9.96. The van der Waals surface area contributed by atoms with E-state index in [0.29, 0.717) is 30.2 Å². The zero-order chi connectivity index (χ0) is 28.4. The van der Waals surface area contributed by atoms with E-state index in [1.807, 2.05) is 27.9 Å². The van der Waals surface area contributed by atoms with Gasteiger partial charge >= 0.3 is 6.03 Å². The van der Waals surface area contributed by atoms with E-state index in [9.17, 15) is 14.7 Å². The predicted molar refractivity (Wildman–Crippen MR) is 154 cm³/mol. The number of rotatable bonds is 6. The summed E-state index contributed by atoms with van der Waals surface area (Å²) in [7, 11) is 4.05. The van der Waals surface area contributed by atoms with Crippen molar-refractivity contribution in [3.8, 4) is 5.75 Å². The van der Waals surface area contributed by atoms with Gasteiger partial charge in [-0.05, 0) is 78.2 Å². The van der Waals surface area contributed by atoms with Crippen LogP contribution in [0.25, 0.3) is 0 Å². The number of ether oxygens (including phenoxy) is 2. The van der Waals surface area contributed by atoms with Gasteiger partial charge in [-0.15, -0.1) is 0 Å². The summed E-state index contributed by atoms with van der Waals surface area (Å²) in [6.07, 6.45) is 8.06. The quantitative estimate of drug-likeness (QED) is 0.486. The number of carbonyl (C=O) groups excluding carboxylic acids is 2. The van der Waals surface area contributed by atoms with Gasteiger partial charge in [0.05, 0.1) is 30.4 Å². The first kappa shape index (κ1) is 31.2. The average Bonchev–Trinajstić information content (AvgIpc) is 2.90. The van der Waals surface area contributed by atoms with E-state index in [2.05, 4.69) is 22.5 Å². The van der Waals surface area contributed by atoms with E-state index in [1.54, 1.807) is 23.1 Å². The number of hydrogen-bond donors (Lipinski definition) is 3. The minimum Gasteiger partial charge on any atom is -0.490 e. The molecule has 1 aliphatic carbocycles. The third kappa shape index (κ3) is 9.65. The van der Waals surface area contributed by atoms with Crippen molar-refractivity contribution in [3.05, 3.63) is 23.8 Å². The van der Waals surface area contributed by atoms with E-state index in [4.69, 9.17) is 9.47 Å². The molecule has 2 aliphatic rings. The molecule has 0 radical (unpaired) electrons. The molecule has 3 rings (SSSR count). The zero-order valence-electron chi connectivity index (χ0n) is 24.6. The van der Waals surface area contributed by atoms with Crippen LogP contribution in [0, 0.1) is 5.92 Å². The molecule has 1 heterocycles. The van der Waals surface area contributed by atoms with Crippen LogP contribution in [0.2, 0.25) is 0 Å². The fourth-order valence-electron chi connectivity index (χ4n) is 5.42. The molecule has 1 aliphatic heterocycles. The van der Waals surface area contributed by atoms with Crippen LogP contribution in [0.4, 0.5) is 10.5 Å². The van der Waals surface area contributed by atoms with Crippen LogP contribution >= 0.6 is 0 Å². The van der Waals surface area contributed by atoms with Crippen molar-refractivity contribution < 1.29 is 24.2 Å². The Kier molecular flexibility index (Phi) is 12.3. The number of likely N-dealkylation sites (N-methyl/N-ethyl adjacent to an activating group) is 1. The normalized spacial score (nSPS) is 24.8. The number of aliphatic hydroxyl groups excluding tert-OH is 1. The molecule has 9 heteroatoms. The first-order valence-electron chi connectivity index (χ1n) is 14.7. The second-order valence-corrected chi connectivity index (χ2v) is 11.7. The molecule has 1 saturated carbocycles. The molecule has 0 aromatic heterocycles. The summed E-state index contributed by atoms with van der Waals surface area (Å²) in [4.78, 5) is 30.7. The highest BCUT2D eigenvalue weighted by molar-refractivity contribution is 5.99. The van der Waals surface area contributed by atoms with Crippen molar-refractivity contribution in [2.45, 2.75) is 96.4 Å². The second-order valence-electron chi connectivity index (χ2n) is 11.7. The molecule has 39 heavy (non-hydrogen) atoms. The van der Waals surface area contributed by atoms with Crippen LogP contribution in [0.5, 0.6) is 5.75 Å². The monoisotopic (exact) mass is 546 g/mol. The number of amides is 3.